The van der Waals surface area contributed by atoms with E-state index in [0.29, 0.717) is 29.6 Å². The van der Waals surface area contributed by atoms with Gasteiger partial charge >= 0.3 is 15.5 Å². The van der Waals surface area contributed by atoms with Crippen molar-refractivity contribution < 1.29 is 21.6 Å². The third-order valence-electron chi connectivity index (χ3n) is 5.38. The minimum Gasteiger partial charge on any atom is -0.356 e. The highest BCUT2D eigenvalue weighted by Crippen LogP contribution is 2.30. The van der Waals surface area contributed by atoms with Crippen molar-refractivity contribution in [3.8, 4) is 0 Å². The van der Waals surface area contributed by atoms with E-state index >= 15 is 0 Å². The van der Waals surface area contributed by atoms with Crippen molar-refractivity contribution in [3.05, 3.63) is 18.5 Å². The van der Waals surface area contributed by atoms with Gasteiger partial charge in [-0.25, -0.2) is 18.4 Å². The van der Waals surface area contributed by atoms with Gasteiger partial charge < -0.3 is 15.1 Å². The number of hydrogen-bond acceptors (Lipinski definition) is 6. The average Bonchev–Trinajstić information content (AvgIpc) is 2.75. The molecule has 0 unspecified atom stereocenters. The Balaban J connectivity index is 1.45. The molecule has 1 aromatic rings. The smallest absolute Gasteiger partial charge is 0.356 e. The molecule has 30 heavy (non-hydrogen) atoms. The summed E-state index contributed by atoms with van der Waals surface area (Å²) in [6.45, 7) is 3.26. The predicted molar refractivity (Wildman–Crippen MR) is 106 cm³/mol. The summed E-state index contributed by atoms with van der Waals surface area (Å²) in [5.74, 6) is 1.51. The number of nitrogens with one attached hydrogen (secondary N) is 1. The number of aliphatic imine (C=N–C) groups is 1. The van der Waals surface area contributed by atoms with E-state index in [0.717, 1.165) is 32.1 Å². The van der Waals surface area contributed by atoms with Crippen LogP contribution in [-0.2, 0) is 10.0 Å². The van der Waals surface area contributed by atoms with Gasteiger partial charge in [-0.15, -0.1) is 0 Å². The Morgan fingerprint density at radius 2 is 1.73 bits per heavy atom. The topological polar surface area (TPSA) is 94.0 Å². The Hall–Kier alpha value is -2.15. The molecule has 0 atom stereocenters. The lowest BCUT2D eigenvalue weighted by Gasteiger charge is -2.37. The quantitative estimate of drug-likeness (QED) is 0.535. The van der Waals surface area contributed by atoms with Crippen LogP contribution in [0.1, 0.15) is 12.8 Å². The maximum atomic E-state index is 12.7. The predicted octanol–water partition coefficient (Wildman–Crippen LogP) is 0.736. The van der Waals surface area contributed by atoms with Gasteiger partial charge in [-0.3, -0.25) is 4.99 Å². The molecule has 13 heteroatoms. The van der Waals surface area contributed by atoms with E-state index in [9.17, 15) is 21.6 Å². The minimum atomic E-state index is -5.24. The Morgan fingerprint density at radius 3 is 2.27 bits per heavy atom. The number of anilines is 1. The zero-order chi connectivity index (χ0) is 21.8. The molecule has 1 N–H and O–H groups in total. The fraction of sp³-hybridized carbons (Fsp3) is 0.706. The third-order valence-corrected chi connectivity index (χ3v) is 7.01. The molecule has 0 aromatic carbocycles. The fourth-order valence-electron chi connectivity index (χ4n) is 3.64. The highest BCUT2D eigenvalue weighted by molar-refractivity contribution is 7.90. The second kappa shape index (κ2) is 9.33. The number of nitrogens with zero attached hydrogens (tertiary/aromatic N) is 6. The first kappa shape index (κ1) is 22.5. The van der Waals surface area contributed by atoms with Crippen LogP contribution in [0.3, 0.4) is 0 Å². The molecule has 9 nitrogen and oxygen atoms in total. The van der Waals surface area contributed by atoms with Gasteiger partial charge in [0.15, 0.2) is 5.96 Å². The molecule has 168 valence electrons. The standard InChI is InChI=1S/C17H26F3N7O2S/c1-21-15(25-9-11-26(12-10-25)16-22-5-2-6-23-16)24-13-14-3-7-27(8-4-14)30(28,29)17(18,19)20/h2,5-6,14H,3-4,7-13H2,1H3,(H,21,24). The molecule has 0 aliphatic carbocycles. The van der Waals surface area contributed by atoms with Crippen molar-refractivity contribution in [1.29, 1.82) is 0 Å². The van der Waals surface area contributed by atoms with Gasteiger partial charge in [0, 0.05) is 65.3 Å². The zero-order valence-corrected chi connectivity index (χ0v) is 17.5. The molecule has 0 saturated carbocycles. The van der Waals surface area contributed by atoms with Crippen LogP contribution in [0.25, 0.3) is 0 Å². The van der Waals surface area contributed by atoms with Crippen LogP contribution in [-0.4, -0.2) is 91.9 Å². The number of piperazine rings is 1. The summed E-state index contributed by atoms with van der Waals surface area (Å²) < 4.78 is 61.6. The first-order valence-corrected chi connectivity index (χ1v) is 11.2. The first-order valence-electron chi connectivity index (χ1n) is 9.76. The third kappa shape index (κ3) is 5.12. The van der Waals surface area contributed by atoms with Crippen LogP contribution < -0.4 is 10.2 Å². The lowest BCUT2D eigenvalue weighted by atomic mass is 9.98. The number of piperidine rings is 1. The summed E-state index contributed by atoms with van der Waals surface area (Å²) in [5.41, 5.74) is -5.24. The molecular weight excluding hydrogens is 423 g/mol. The van der Waals surface area contributed by atoms with Gasteiger partial charge in [-0.2, -0.15) is 17.5 Å². The van der Waals surface area contributed by atoms with Crippen LogP contribution in [0.5, 0.6) is 0 Å². The number of aromatic nitrogens is 2. The molecule has 2 saturated heterocycles. The molecule has 2 aliphatic rings. The van der Waals surface area contributed by atoms with Crippen LogP contribution in [0.2, 0.25) is 0 Å². The Bertz CT molecular complexity index is 820. The highest BCUT2D eigenvalue weighted by Gasteiger charge is 2.50. The van der Waals surface area contributed by atoms with Crippen LogP contribution in [0.15, 0.2) is 23.5 Å². The van der Waals surface area contributed by atoms with Gasteiger partial charge in [0.05, 0.1) is 0 Å². The molecule has 2 aliphatic heterocycles. The number of guanidine groups is 1. The lowest BCUT2D eigenvalue weighted by molar-refractivity contribution is -0.0496. The number of halogens is 3. The molecule has 0 spiro atoms. The van der Waals surface area contributed by atoms with E-state index < -0.39 is 15.5 Å². The Kier molecular flexibility index (Phi) is 7.01. The number of rotatable bonds is 4. The average molecular weight is 450 g/mol. The number of hydrogen-bond donors (Lipinski definition) is 1. The van der Waals surface area contributed by atoms with Crippen molar-refractivity contribution in [3.63, 3.8) is 0 Å². The minimum absolute atomic E-state index is 0.0837. The summed E-state index contributed by atoms with van der Waals surface area (Å²) >= 11 is 0. The van der Waals surface area contributed by atoms with Gasteiger partial charge in [0.25, 0.3) is 0 Å². The maximum Gasteiger partial charge on any atom is 0.511 e. The normalized spacial score (nSPS) is 20.5. The van der Waals surface area contributed by atoms with Gasteiger partial charge in [-0.05, 0) is 24.8 Å². The van der Waals surface area contributed by atoms with Crippen molar-refractivity contribution in [2.75, 3.05) is 57.8 Å². The zero-order valence-electron chi connectivity index (χ0n) is 16.7. The molecule has 2 fully saturated rings. The SMILES string of the molecule is CN=C(NCC1CCN(S(=O)(=O)C(F)(F)F)CC1)N1CCN(c2ncccn2)CC1. The molecular formula is C17H26F3N7O2S. The van der Waals surface area contributed by atoms with Crippen LogP contribution in [0, 0.1) is 5.92 Å². The van der Waals surface area contributed by atoms with Crippen molar-refractivity contribution in [2.24, 2.45) is 10.9 Å². The molecule has 3 rings (SSSR count). The highest BCUT2D eigenvalue weighted by atomic mass is 32.2. The first-order chi connectivity index (χ1) is 14.2. The van der Waals surface area contributed by atoms with Crippen molar-refractivity contribution in [1.82, 2.24) is 24.5 Å². The van der Waals surface area contributed by atoms with Crippen molar-refractivity contribution >= 4 is 21.9 Å². The monoisotopic (exact) mass is 449 g/mol. The Morgan fingerprint density at radius 1 is 1.13 bits per heavy atom. The summed E-state index contributed by atoms with van der Waals surface area (Å²) in [7, 11) is -3.55. The Labute approximate surface area is 174 Å². The summed E-state index contributed by atoms with van der Waals surface area (Å²) in [4.78, 5) is 17.0. The number of sulfonamides is 1. The van der Waals surface area contributed by atoms with E-state index in [1.165, 1.54) is 0 Å². The summed E-state index contributed by atoms with van der Waals surface area (Å²) in [6.07, 6.45) is 4.16. The van der Waals surface area contributed by atoms with E-state index in [1.807, 2.05) is 0 Å². The van der Waals surface area contributed by atoms with Gasteiger partial charge in [0.2, 0.25) is 5.95 Å². The van der Waals surface area contributed by atoms with E-state index in [-0.39, 0.29) is 19.0 Å². The van der Waals surface area contributed by atoms with Gasteiger partial charge in [0.1, 0.15) is 0 Å². The van der Waals surface area contributed by atoms with Crippen LogP contribution >= 0.6 is 0 Å². The van der Waals surface area contributed by atoms with E-state index in [2.05, 4.69) is 30.1 Å². The lowest BCUT2D eigenvalue weighted by Crippen LogP contribution is -2.54. The van der Waals surface area contributed by atoms with Gasteiger partial charge in [-0.1, -0.05) is 0 Å². The molecule has 0 radical (unpaired) electrons. The van der Waals surface area contributed by atoms with E-state index in [1.54, 1.807) is 25.5 Å². The summed E-state index contributed by atoms with van der Waals surface area (Å²) in [6, 6.07) is 1.77. The second-order valence-electron chi connectivity index (χ2n) is 7.24. The van der Waals surface area contributed by atoms with Crippen LogP contribution in [0.4, 0.5) is 19.1 Å². The largest absolute Gasteiger partial charge is 0.511 e. The van der Waals surface area contributed by atoms with E-state index in [4.69, 9.17) is 0 Å². The molecule has 0 amide bonds. The van der Waals surface area contributed by atoms with Crippen molar-refractivity contribution in [2.45, 2.75) is 18.3 Å². The fourth-order valence-corrected chi connectivity index (χ4v) is 4.63. The number of alkyl halides is 3. The molecule has 0 bridgehead atoms. The summed E-state index contributed by atoms with van der Waals surface area (Å²) in [5, 5.41) is 3.28. The maximum absolute atomic E-state index is 12.7. The second-order valence-corrected chi connectivity index (χ2v) is 9.17. The molecule has 1 aromatic heterocycles. The molecule has 3 heterocycles.